The zero-order chi connectivity index (χ0) is 14.6. The van der Waals surface area contributed by atoms with E-state index in [4.69, 9.17) is 5.26 Å². The van der Waals surface area contributed by atoms with Crippen LogP contribution in [0.2, 0.25) is 0 Å². The molecule has 0 fully saturated rings. The predicted molar refractivity (Wildman–Crippen MR) is 64.7 cm³/mol. The fraction of sp³-hybridized carbons (Fsp3) is 0.333. The number of benzene rings is 1. The van der Waals surface area contributed by atoms with Crippen LogP contribution in [0, 0.1) is 11.3 Å². The molecule has 0 radical (unpaired) electrons. The Labute approximate surface area is 116 Å². The van der Waals surface area contributed by atoms with Gasteiger partial charge in [-0.05, 0) is 18.6 Å². The molecule has 0 aliphatic rings. The third-order valence-corrected chi connectivity index (χ3v) is 2.92. The number of nitriles is 1. The van der Waals surface area contributed by atoms with Gasteiger partial charge in [0.25, 0.3) is 0 Å². The molecule has 0 aliphatic carbocycles. The van der Waals surface area contributed by atoms with Crippen molar-refractivity contribution < 1.29 is 22.7 Å². The number of ether oxygens (including phenoxy) is 1. The Kier molecular flexibility index (Phi) is 4.95. The lowest BCUT2D eigenvalue weighted by atomic mass is 9.96. The average Bonchev–Trinajstić information content (AvgIpc) is 2.36. The quantitative estimate of drug-likeness (QED) is 0.625. The Morgan fingerprint density at radius 1 is 1.47 bits per heavy atom. The number of carbonyl (C=O) groups is 1. The monoisotopic (exact) mass is 335 g/mol. The second-order valence-electron chi connectivity index (χ2n) is 3.49. The molecule has 0 saturated carbocycles. The summed E-state index contributed by atoms with van der Waals surface area (Å²) in [6, 6.07) is 3.79. The summed E-state index contributed by atoms with van der Waals surface area (Å²) < 4.78 is 43.8. The fourth-order valence-electron chi connectivity index (χ4n) is 1.58. The highest BCUT2D eigenvalue weighted by Gasteiger charge is 2.39. The number of alkyl halides is 4. The number of esters is 1. The lowest BCUT2D eigenvalue weighted by Gasteiger charge is -2.16. The summed E-state index contributed by atoms with van der Waals surface area (Å²) in [6.45, 7) is 1.45. The van der Waals surface area contributed by atoms with Gasteiger partial charge < -0.3 is 4.74 Å². The minimum Gasteiger partial charge on any atom is -0.462 e. The smallest absolute Gasteiger partial charge is 0.418 e. The van der Waals surface area contributed by atoms with Crippen LogP contribution >= 0.6 is 15.9 Å². The molecule has 0 amide bonds. The van der Waals surface area contributed by atoms with Crippen LogP contribution in [0.1, 0.15) is 34.0 Å². The minimum atomic E-state index is -4.80. The van der Waals surface area contributed by atoms with Gasteiger partial charge in [-0.15, -0.1) is 0 Å². The molecule has 0 N–H and O–H groups in total. The van der Waals surface area contributed by atoms with Crippen LogP contribution < -0.4 is 0 Å². The number of rotatable bonds is 3. The van der Waals surface area contributed by atoms with Gasteiger partial charge in [0, 0.05) is 5.33 Å². The molecule has 0 saturated heterocycles. The lowest BCUT2D eigenvalue weighted by molar-refractivity contribution is -0.138. The first-order chi connectivity index (χ1) is 8.86. The van der Waals surface area contributed by atoms with Crippen molar-refractivity contribution in [2.24, 2.45) is 0 Å². The van der Waals surface area contributed by atoms with Crippen LogP contribution in [0.5, 0.6) is 0 Å². The van der Waals surface area contributed by atoms with Crippen LogP contribution in [0.3, 0.4) is 0 Å². The highest BCUT2D eigenvalue weighted by Crippen LogP contribution is 2.37. The molecule has 3 nitrogen and oxygen atoms in total. The molecule has 0 bridgehead atoms. The number of hydrogen-bond donors (Lipinski definition) is 0. The van der Waals surface area contributed by atoms with E-state index in [2.05, 4.69) is 20.7 Å². The first-order valence-corrected chi connectivity index (χ1v) is 6.35. The van der Waals surface area contributed by atoms with Gasteiger partial charge in [-0.3, -0.25) is 0 Å². The first kappa shape index (κ1) is 15.5. The maximum absolute atomic E-state index is 13.0. The summed E-state index contributed by atoms with van der Waals surface area (Å²) in [7, 11) is 0. The van der Waals surface area contributed by atoms with Crippen molar-refractivity contribution in [3.63, 3.8) is 0 Å². The van der Waals surface area contributed by atoms with E-state index in [0.29, 0.717) is 0 Å². The predicted octanol–water partition coefficient (Wildman–Crippen LogP) is 3.65. The summed E-state index contributed by atoms with van der Waals surface area (Å²) in [5, 5.41) is 8.82. The van der Waals surface area contributed by atoms with Gasteiger partial charge >= 0.3 is 12.1 Å². The number of carbonyl (C=O) groups excluding carboxylic acids is 1. The zero-order valence-electron chi connectivity index (χ0n) is 9.84. The van der Waals surface area contributed by atoms with E-state index in [9.17, 15) is 18.0 Å². The largest absolute Gasteiger partial charge is 0.462 e. The Morgan fingerprint density at radius 3 is 2.53 bits per heavy atom. The molecule has 1 rings (SSSR count). The second-order valence-corrected chi connectivity index (χ2v) is 4.05. The Balaban J connectivity index is 3.63. The molecule has 1 aromatic rings. The molecular weight excluding hydrogens is 327 g/mol. The standard InChI is InChI=1S/C12H9BrF3NO2/c1-2-19-11(18)9-7(5-13)3-4-8(6-17)10(9)12(14,15)16/h3-4H,2,5H2,1H3. The van der Waals surface area contributed by atoms with Crippen LogP contribution in [0.15, 0.2) is 12.1 Å². The first-order valence-electron chi connectivity index (χ1n) is 5.23. The average molecular weight is 336 g/mol. The van der Waals surface area contributed by atoms with Gasteiger partial charge in [0.15, 0.2) is 0 Å². The highest BCUT2D eigenvalue weighted by molar-refractivity contribution is 9.08. The van der Waals surface area contributed by atoms with Crippen LogP contribution in [0.25, 0.3) is 0 Å². The summed E-state index contributed by atoms with van der Waals surface area (Å²) in [6.07, 6.45) is -4.80. The highest BCUT2D eigenvalue weighted by atomic mass is 79.9. The topological polar surface area (TPSA) is 50.1 Å². The third-order valence-electron chi connectivity index (χ3n) is 2.32. The molecule has 102 valence electrons. The van der Waals surface area contributed by atoms with E-state index in [-0.39, 0.29) is 17.5 Å². The number of nitrogens with zero attached hydrogens (tertiary/aromatic N) is 1. The Morgan fingerprint density at radius 2 is 2.11 bits per heavy atom. The Hall–Kier alpha value is -1.55. The molecule has 0 atom stereocenters. The van der Waals surface area contributed by atoms with Gasteiger partial charge in [-0.25, -0.2) is 4.79 Å². The van der Waals surface area contributed by atoms with Crippen molar-refractivity contribution in [3.05, 3.63) is 34.4 Å². The van der Waals surface area contributed by atoms with E-state index < -0.39 is 28.8 Å². The number of halogens is 4. The summed E-state index contributed by atoms with van der Waals surface area (Å²) in [5.74, 6) is -1.08. The van der Waals surface area contributed by atoms with Gasteiger partial charge in [-0.2, -0.15) is 18.4 Å². The van der Waals surface area contributed by atoms with E-state index >= 15 is 0 Å². The molecule has 0 aromatic heterocycles. The minimum absolute atomic E-state index is 0.0470. The van der Waals surface area contributed by atoms with Gasteiger partial charge in [0.05, 0.1) is 29.4 Å². The van der Waals surface area contributed by atoms with Crippen molar-refractivity contribution in [1.29, 1.82) is 5.26 Å². The molecule has 0 aliphatic heterocycles. The van der Waals surface area contributed by atoms with Gasteiger partial charge in [0.1, 0.15) is 0 Å². The van der Waals surface area contributed by atoms with Crippen molar-refractivity contribution in [3.8, 4) is 6.07 Å². The van der Waals surface area contributed by atoms with Gasteiger partial charge in [0.2, 0.25) is 0 Å². The van der Waals surface area contributed by atoms with E-state index in [1.165, 1.54) is 19.1 Å². The number of hydrogen-bond acceptors (Lipinski definition) is 3. The summed E-state index contributed by atoms with van der Waals surface area (Å²) >= 11 is 3.02. The zero-order valence-corrected chi connectivity index (χ0v) is 11.4. The molecule has 1 aromatic carbocycles. The SMILES string of the molecule is CCOC(=O)c1c(CBr)ccc(C#N)c1C(F)(F)F. The third kappa shape index (κ3) is 3.26. The second kappa shape index (κ2) is 6.06. The van der Waals surface area contributed by atoms with E-state index in [0.717, 1.165) is 6.07 Å². The molecule has 0 spiro atoms. The molecule has 0 heterocycles. The molecule has 0 unspecified atom stereocenters. The lowest BCUT2D eigenvalue weighted by Crippen LogP contribution is -2.19. The van der Waals surface area contributed by atoms with Crippen molar-refractivity contribution >= 4 is 21.9 Å². The van der Waals surface area contributed by atoms with Crippen LogP contribution in [-0.4, -0.2) is 12.6 Å². The summed E-state index contributed by atoms with van der Waals surface area (Å²) in [5.41, 5.74) is -2.32. The molecule has 7 heteroatoms. The van der Waals surface area contributed by atoms with Gasteiger partial charge in [-0.1, -0.05) is 22.0 Å². The van der Waals surface area contributed by atoms with Crippen molar-refractivity contribution in [2.45, 2.75) is 18.4 Å². The fourth-order valence-corrected chi connectivity index (χ4v) is 2.05. The molecular formula is C12H9BrF3NO2. The normalized spacial score (nSPS) is 10.9. The maximum atomic E-state index is 13.0. The van der Waals surface area contributed by atoms with Crippen molar-refractivity contribution in [1.82, 2.24) is 0 Å². The molecule has 19 heavy (non-hydrogen) atoms. The van der Waals surface area contributed by atoms with Crippen LogP contribution in [-0.2, 0) is 16.2 Å². The summed E-state index contributed by atoms with van der Waals surface area (Å²) in [4.78, 5) is 11.7. The van der Waals surface area contributed by atoms with E-state index in [1.54, 1.807) is 0 Å². The Bertz CT molecular complexity index is 535. The maximum Gasteiger partial charge on any atom is 0.418 e. The van der Waals surface area contributed by atoms with E-state index in [1.807, 2.05) is 0 Å². The van der Waals surface area contributed by atoms with Crippen LogP contribution in [0.4, 0.5) is 13.2 Å². The van der Waals surface area contributed by atoms with Crippen molar-refractivity contribution in [2.75, 3.05) is 6.61 Å².